The molecular formula is C13H17N3O. The molecule has 0 bridgehead atoms. The number of rotatable bonds is 3. The van der Waals surface area contributed by atoms with Crippen LogP contribution in [0, 0.1) is 0 Å². The molecule has 0 unspecified atom stereocenters. The summed E-state index contributed by atoms with van der Waals surface area (Å²) in [4.78, 5) is 15.3. The molecule has 1 aromatic carbocycles. The first-order valence-corrected chi connectivity index (χ1v) is 5.71. The molecule has 1 saturated heterocycles. The normalized spacial score (nSPS) is 16.2. The summed E-state index contributed by atoms with van der Waals surface area (Å²) in [5.74, 6) is 0. The Labute approximate surface area is 101 Å². The molecule has 0 saturated carbocycles. The number of likely N-dealkylation sites (N-methyl/N-ethyl adjacent to an activating group) is 1. The van der Waals surface area contributed by atoms with Gasteiger partial charge in [0.15, 0.2) is 0 Å². The van der Waals surface area contributed by atoms with Crippen molar-refractivity contribution < 1.29 is 4.79 Å². The summed E-state index contributed by atoms with van der Waals surface area (Å²) < 4.78 is 0. The van der Waals surface area contributed by atoms with Gasteiger partial charge in [-0.3, -0.25) is 4.90 Å². The molecule has 4 heteroatoms. The van der Waals surface area contributed by atoms with E-state index in [1.807, 2.05) is 43.5 Å². The lowest BCUT2D eigenvalue weighted by atomic mass is 10.2. The molecule has 2 rings (SSSR count). The monoisotopic (exact) mass is 231 g/mol. The molecule has 0 aliphatic carbocycles. The molecule has 17 heavy (non-hydrogen) atoms. The lowest BCUT2D eigenvalue weighted by Gasteiger charge is -2.15. The van der Waals surface area contributed by atoms with Gasteiger partial charge in [-0.25, -0.2) is 4.79 Å². The number of hydrogen-bond acceptors (Lipinski definition) is 2. The third-order valence-electron chi connectivity index (χ3n) is 2.87. The SMILES string of the molecule is CN1CCN(c2ccc(/C=C/CN)cc2)C1=O. The molecule has 1 fully saturated rings. The standard InChI is InChI=1S/C13H17N3O/c1-15-9-10-16(13(15)17)12-6-4-11(5-7-12)3-2-8-14/h2-7H,8-10,14H2,1H3/b3-2+. The van der Waals surface area contributed by atoms with Gasteiger partial charge in [-0.1, -0.05) is 24.3 Å². The van der Waals surface area contributed by atoms with E-state index in [1.165, 1.54) is 0 Å². The van der Waals surface area contributed by atoms with Crippen molar-refractivity contribution in [3.8, 4) is 0 Å². The van der Waals surface area contributed by atoms with Gasteiger partial charge in [-0.2, -0.15) is 0 Å². The summed E-state index contributed by atoms with van der Waals surface area (Å²) in [6.07, 6.45) is 3.88. The molecule has 90 valence electrons. The maximum Gasteiger partial charge on any atom is 0.324 e. The second-order valence-corrected chi connectivity index (χ2v) is 4.09. The lowest BCUT2D eigenvalue weighted by molar-refractivity contribution is 0.229. The first-order chi connectivity index (χ1) is 8.22. The molecule has 0 radical (unpaired) electrons. The van der Waals surface area contributed by atoms with Crippen LogP contribution < -0.4 is 10.6 Å². The summed E-state index contributed by atoms with van der Waals surface area (Å²) in [5.41, 5.74) is 7.44. The predicted molar refractivity (Wildman–Crippen MR) is 69.9 cm³/mol. The number of benzene rings is 1. The summed E-state index contributed by atoms with van der Waals surface area (Å²) in [6.45, 7) is 2.08. The number of carbonyl (C=O) groups excluding carboxylic acids is 1. The second-order valence-electron chi connectivity index (χ2n) is 4.09. The molecule has 4 nitrogen and oxygen atoms in total. The number of urea groups is 1. The average Bonchev–Trinajstić information content (AvgIpc) is 2.68. The van der Waals surface area contributed by atoms with Crippen molar-refractivity contribution in [3.05, 3.63) is 35.9 Å². The van der Waals surface area contributed by atoms with Crippen LogP contribution in [0.15, 0.2) is 30.3 Å². The summed E-state index contributed by atoms with van der Waals surface area (Å²) >= 11 is 0. The average molecular weight is 231 g/mol. The highest BCUT2D eigenvalue weighted by Crippen LogP contribution is 2.20. The van der Waals surface area contributed by atoms with Crippen LogP contribution >= 0.6 is 0 Å². The number of nitrogens with zero attached hydrogens (tertiary/aromatic N) is 2. The zero-order valence-corrected chi connectivity index (χ0v) is 9.97. The van der Waals surface area contributed by atoms with Crippen molar-refractivity contribution >= 4 is 17.8 Å². The van der Waals surface area contributed by atoms with E-state index in [0.29, 0.717) is 6.54 Å². The Morgan fingerprint density at radius 2 is 2.00 bits per heavy atom. The molecule has 0 spiro atoms. The van der Waals surface area contributed by atoms with E-state index in [4.69, 9.17) is 5.73 Å². The molecule has 1 heterocycles. The third kappa shape index (κ3) is 2.47. The molecule has 0 aromatic heterocycles. The van der Waals surface area contributed by atoms with Gasteiger partial charge in [-0.05, 0) is 17.7 Å². The quantitative estimate of drug-likeness (QED) is 0.857. The van der Waals surface area contributed by atoms with E-state index in [1.54, 1.807) is 9.80 Å². The molecule has 2 N–H and O–H groups in total. The highest BCUT2D eigenvalue weighted by Gasteiger charge is 2.26. The summed E-state index contributed by atoms with van der Waals surface area (Å²) in [6, 6.07) is 7.98. The van der Waals surface area contributed by atoms with Gasteiger partial charge in [0.25, 0.3) is 0 Å². The van der Waals surface area contributed by atoms with Gasteiger partial charge in [0.05, 0.1) is 0 Å². The molecule has 2 amide bonds. The summed E-state index contributed by atoms with van der Waals surface area (Å²) in [7, 11) is 1.82. The van der Waals surface area contributed by atoms with E-state index in [-0.39, 0.29) is 6.03 Å². The van der Waals surface area contributed by atoms with Crippen LogP contribution in [0.4, 0.5) is 10.5 Å². The van der Waals surface area contributed by atoms with Gasteiger partial charge in [0.1, 0.15) is 0 Å². The predicted octanol–water partition coefficient (Wildman–Crippen LogP) is 1.53. The Hall–Kier alpha value is -1.81. The molecule has 1 aliphatic heterocycles. The maximum atomic E-state index is 11.8. The van der Waals surface area contributed by atoms with Crippen LogP contribution in [0.25, 0.3) is 6.08 Å². The highest BCUT2D eigenvalue weighted by atomic mass is 16.2. The number of hydrogen-bond donors (Lipinski definition) is 1. The third-order valence-corrected chi connectivity index (χ3v) is 2.87. The fraction of sp³-hybridized carbons (Fsp3) is 0.308. The van der Waals surface area contributed by atoms with Crippen molar-refractivity contribution in [2.75, 3.05) is 31.6 Å². The minimum absolute atomic E-state index is 0.0650. The number of nitrogens with two attached hydrogens (primary N) is 1. The van der Waals surface area contributed by atoms with E-state index in [9.17, 15) is 4.79 Å². The van der Waals surface area contributed by atoms with Gasteiger partial charge >= 0.3 is 6.03 Å². The first-order valence-electron chi connectivity index (χ1n) is 5.71. The number of carbonyl (C=O) groups is 1. The van der Waals surface area contributed by atoms with Gasteiger partial charge < -0.3 is 10.6 Å². The van der Waals surface area contributed by atoms with Gasteiger partial charge in [0, 0.05) is 32.4 Å². The Bertz CT molecular complexity index is 425. The van der Waals surface area contributed by atoms with Crippen LogP contribution in [0.2, 0.25) is 0 Å². The van der Waals surface area contributed by atoms with Crippen molar-refractivity contribution in [2.24, 2.45) is 5.73 Å². The van der Waals surface area contributed by atoms with Crippen LogP contribution in [-0.4, -0.2) is 37.6 Å². The fourth-order valence-electron chi connectivity index (χ4n) is 1.86. The highest BCUT2D eigenvalue weighted by molar-refractivity contribution is 5.94. The largest absolute Gasteiger partial charge is 0.327 e. The maximum absolute atomic E-state index is 11.8. The Morgan fingerprint density at radius 1 is 1.29 bits per heavy atom. The van der Waals surface area contributed by atoms with Crippen molar-refractivity contribution in [1.82, 2.24) is 4.90 Å². The topological polar surface area (TPSA) is 49.6 Å². The van der Waals surface area contributed by atoms with E-state index < -0.39 is 0 Å². The summed E-state index contributed by atoms with van der Waals surface area (Å²) in [5, 5.41) is 0. The first kappa shape index (κ1) is 11.7. The van der Waals surface area contributed by atoms with Crippen LogP contribution in [0.1, 0.15) is 5.56 Å². The van der Waals surface area contributed by atoms with Crippen molar-refractivity contribution in [1.29, 1.82) is 0 Å². The zero-order chi connectivity index (χ0) is 12.3. The van der Waals surface area contributed by atoms with Gasteiger partial charge in [-0.15, -0.1) is 0 Å². The Balaban J connectivity index is 2.13. The van der Waals surface area contributed by atoms with Crippen LogP contribution in [0.5, 0.6) is 0 Å². The molecule has 1 aliphatic rings. The van der Waals surface area contributed by atoms with Crippen LogP contribution in [0.3, 0.4) is 0 Å². The minimum Gasteiger partial charge on any atom is -0.327 e. The van der Waals surface area contributed by atoms with Crippen LogP contribution in [-0.2, 0) is 0 Å². The molecule has 0 atom stereocenters. The Morgan fingerprint density at radius 3 is 2.53 bits per heavy atom. The minimum atomic E-state index is 0.0650. The number of anilines is 1. The number of amides is 2. The van der Waals surface area contributed by atoms with Crippen molar-refractivity contribution in [3.63, 3.8) is 0 Å². The zero-order valence-electron chi connectivity index (χ0n) is 9.97. The van der Waals surface area contributed by atoms with E-state index >= 15 is 0 Å². The fourth-order valence-corrected chi connectivity index (χ4v) is 1.86. The second kappa shape index (κ2) is 5.01. The Kier molecular flexibility index (Phi) is 3.44. The van der Waals surface area contributed by atoms with E-state index in [2.05, 4.69) is 0 Å². The molecular weight excluding hydrogens is 214 g/mol. The molecule has 1 aromatic rings. The lowest BCUT2D eigenvalue weighted by Crippen LogP contribution is -2.29. The van der Waals surface area contributed by atoms with Gasteiger partial charge in [0.2, 0.25) is 0 Å². The van der Waals surface area contributed by atoms with Crippen molar-refractivity contribution in [2.45, 2.75) is 0 Å². The smallest absolute Gasteiger partial charge is 0.324 e. The van der Waals surface area contributed by atoms with E-state index in [0.717, 1.165) is 24.3 Å².